The third-order valence-electron chi connectivity index (χ3n) is 4.28. The molecule has 1 heterocycles. The van der Waals surface area contributed by atoms with Gasteiger partial charge in [0.25, 0.3) is 5.91 Å². The van der Waals surface area contributed by atoms with E-state index in [4.69, 9.17) is 4.42 Å². The first-order chi connectivity index (χ1) is 10.6. The van der Waals surface area contributed by atoms with Gasteiger partial charge in [-0.1, -0.05) is 36.8 Å². The van der Waals surface area contributed by atoms with Crippen molar-refractivity contribution < 1.29 is 14.1 Å². The van der Waals surface area contributed by atoms with Crippen LogP contribution >= 0.6 is 0 Å². The standard InChI is InChI=1S/C16H16N2O4/c19-15(13-7-8-14(22-13)18(20)21)17-11-16(9-4-10-16)12-5-2-1-3-6-12/h1-3,5-8H,4,9-11H2,(H,17,19). The van der Waals surface area contributed by atoms with Crippen molar-refractivity contribution in [2.45, 2.75) is 24.7 Å². The molecule has 1 aromatic heterocycles. The molecule has 0 radical (unpaired) electrons. The summed E-state index contributed by atoms with van der Waals surface area (Å²) in [4.78, 5) is 22.0. The number of nitrogens with zero attached hydrogens (tertiary/aromatic N) is 1. The Morgan fingerprint density at radius 3 is 2.50 bits per heavy atom. The Morgan fingerprint density at radius 1 is 1.23 bits per heavy atom. The summed E-state index contributed by atoms with van der Waals surface area (Å²) in [5.74, 6) is -0.879. The number of rotatable bonds is 5. The van der Waals surface area contributed by atoms with Crippen LogP contribution in [0, 0.1) is 10.1 Å². The molecule has 0 saturated heterocycles. The van der Waals surface area contributed by atoms with Gasteiger partial charge >= 0.3 is 5.88 Å². The molecule has 1 aliphatic rings. The molecule has 1 saturated carbocycles. The lowest BCUT2D eigenvalue weighted by Crippen LogP contribution is -2.45. The Bertz CT molecular complexity index is 689. The molecule has 3 rings (SSSR count). The lowest BCUT2D eigenvalue weighted by molar-refractivity contribution is -0.402. The zero-order valence-corrected chi connectivity index (χ0v) is 12.0. The minimum Gasteiger partial charge on any atom is -0.395 e. The lowest BCUT2D eigenvalue weighted by Gasteiger charge is -2.42. The molecule has 22 heavy (non-hydrogen) atoms. The largest absolute Gasteiger partial charge is 0.433 e. The highest BCUT2D eigenvalue weighted by Crippen LogP contribution is 2.43. The van der Waals surface area contributed by atoms with Crippen LogP contribution in [0.15, 0.2) is 46.9 Å². The molecule has 114 valence electrons. The highest BCUT2D eigenvalue weighted by atomic mass is 16.6. The van der Waals surface area contributed by atoms with E-state index in [-0.39, 0.29) is 11.2 Å². The topological polar surface area (TPSA) is 85.4 Å². The number of nitrogens with one attached hydrogen (secondary N) is 1. The Balaban J connectivity index is 1.68. The SMILES string of the molecule is O=C(NCC1(c2ccccc2)CCC1)c1ccc([N+](=O)[O-])o1. The predicted octanol–water partition coefficient (Wildman–Crippen LogP) is 3.04. The van der Waals surface area contributed by atoms with Crippen molar-refractivity contribution in [2.75, 3.05) is 6.54 Å². The van der Waals surface area contributed by atoms with Crippen molar-refractivity contribution in [2.24, 2.45) is 0 Å². The maximum atomic E-state index is 12.1. The number of carbonyl (C=O) groups excluding carboxylic acids is 1. The van der Waals surface area contributed by atoms with Crippen LogP contribution in [0.2, 0.25) is 0 Å². The van der Waals surface area contributed by atoms with Gasteiger partial charge in [0.15, 0.2) is 5.76 Å². The summed E-state index contributed by atoms with van der Waals surface area (Å²) in [6.07, 6.45) is 3.18. The minimum atomic E-state index is -0.659. The summed E-state index contributed by atoms with van der Waals surface area (Å²) in [5, 5.41) is 13.4. The van der Waals surface area contributed by atoms with Crippen molar-refractivity contribution in [1.29, 1.82) is 0 Å². The van der Waals surface area contributed by atoms with E-state index >= 15 is 0 Å². The molecule has 6 nitrogen and oxygen atoms in total. The third-order valence-corrected chi connectivity index (χ3v) is 4.28. The Morgan fingerprint density at radius 2 is 1.95 bits per heavy atom. The van der Waals surface area contributed by atoms with Gasteiger partial charge in [-0.15, -0.1) is 0 Å². The summed E-state index contributed by atoms with van der Waals surface area (Å²) in [6.45, 7) is 0.504. The van der Waals surface area contributed by atoms with Crippen LogP contribution in [0.4, 0.5) is 5.88 Å². The number of furan rings is 1. The lowest BCUT2D eigenvalue weighted by atomic mass is 9.64. The molecule has 1 fully saturated rings. The van der Waals surface area contributed by atoms with E-state index in [1.807, 2.05) is 18.2 Å². The first-order valence-electron chi connectivity index (χ1n) is 7.19. The average Bonchev–Trinajstić information content (AvgIpc) is 2.97. The molecule has 1 aromatic carbocycles. The molecule has 1 amide bonds. The number of hydrogen-bond acceptors (Lipinski definition) is 4. The van der Waals surface area contributed by atoms with Gasteiger partial charge in [-0.3, -0.25) is 14.9 Å². The second-order valence-corrected chi connectivity index (χ2v) is 5.58. The van der Waals surface area contributed by atoms with E-state index in [0.717, 1.165) is 19.3 Å². The fourth-order valence-corrected chi connectivity index (χ4v) is 2.85. The molecule has 1 N–H and O–H groups in total. The number of nitro groups is 1. The second-order valence-electron chi connectivity index (χ2n) is 5.58. The van der Waals surface area contributed by atoms with Crippen molar-refractivity contribution in [3.05, 3.63) is 63.9 Å². The second kappa shape index (κ2) is 5.63. The molecule has 2 aromatic rings. The maximum Gasteiger partial charge on any atom is 0.433 e. The van der Waals surface area contributed by atoms with Gasteiger partial charge in [-0.25, -0.2) is 0 Å². The molecule has 0 spiro atoms. The molecular weight excluding hydrogens is 284 g/mol. The molecule has 0 aliphatic heterocycles. The number of hydrogen-bond donors (Lipinski definition) is 1. The fourth-order valence-electron chi connectivity index (χ4n) is 2.85. The predicted molar refractivity (Wildman–Crippen MR) is 79.7 cm³/mol. The van der Waals surface area contributed by atoms with Gasteiger partial charge in [0.1, 0.15) is 4.92 Å². The van der Waals surface area contributed by atoms with Crippen LogP contribution < -0.4 is 5.32 Å². The first kappa shape index (κ1) is 14.3. The van der Waals surface area contributed by atoms with Gasteiger partial charge in [0, 0.05) is 12.0 Å². The molecule has 0 unspecified atom stereocenters. The van der Waals surface area contributed by atoms with Gasteiger partial charge in [-0.2, -0.15) is 0 Å². The van der Waals surface area contributed by atoms with Crippen LogP contribution in [0.25, 0.3) is 0 Å². The van der Waals surface area contributed by atoms with Crippen molar-refractivity contribution in [3.8, 4) is 0 Å². The molecular formula is C16H16N2O4. The Hall–Kier alpha value is -2.63. The zero-order chi connectivity index (χ0) is 15.6. The number of carbonyl (C=O) groups is 1. The molecule has 1 aliphatic carbocycles. The monoisotopic (exact) mass is 300 g/mol. The number of amides is 1. The first-order valence-corrected chi connectivity index (χ1v) is 7.19. The normalized spacial score (nSPS) is 15.8. The summed E-state index contributed by atoms with van der Waals surface area (Å²) < 4.78 is 4.92. The highest BCUT2D eigenvalue weighted by Gasteiger charge is 2.38. The van der Waals surface area contributed by atoms with Crippen LogP contribution in [0.1, 0.15) is 35.4 Å². The molecule has 6 heteroatoms. The van der Waals surface area contributed by atoms with E-state index in [0.29, 0.717) is 6.54 Å². The van der Waals surface area contributed by atoms with Crippen LogP contribution in [-0.4, -0.2) is 17.4 Å². The smallest absolute Gasteiger partial charge is 0.395 e. The minimum absolute atomic E-state index is 0.0323. The van der Waals surface area contributed by atoms with Gasteiger partial charge in [-0.05, 0) is 24.5 Å². The Labute approximate surface area is 127 Å². The van der Waals surface area contributed by atoms with Crippen LogP contribution in [-0.2, 0) is 5.41 Å². The van der Waals surface area contributed by atoms with E-state index in [2.05, 4.69) is 17.4 Å². The Kier molecular flexibility index (Phi) is 3.66. The third kappa shape index (κ3) is 2.59. The van der Waals surface area contributed by atoms with Gasteiger partial charge in [0.05, 0.1) is 6.07 Å². The summed E-state index contributed by atoms with van der Waals surface area (Å²) >= 11 is 0. The quantitative estimate of drug-likeness (QED) is 0.679. The van der Waals surface area contributed by atoms with Crippen molar-refractivity contribution in [3.63, 3.8) is 0 Å². The van der Waals surface area contributed by atoms with Crippen LogP contribution in [0.3, 0.4) is 0 Å². The van der Waals surface area contributed by atoms with Gasteiger partial charge in [0.2, 0.25) is 0 Å². The summed E-state index contributed by atoms with van der Waals surface area (Å²) in [7, 11) is 0. The molecule has 0 bridgehead atoms. The zero-order valence-electron chi connectivity index (χ0n) is 12.0. The summed E-state index contributed by atoms with van der Waals surface area (Å²) in [5.41, 5.74) is 1.18. The van der Waals surface area contributed by atoms with E-state index < -0.39 is 16.7 Å². The van der Waals surface area contributed by atoms with E-state index in [9.17, 15) is 14.9 Å². The van der Waals surface area contributed by atoms with Crippen molar-refractivity contribution in [1.82, 2.24) is 5.32 Å². The van der Waals surface area contributed by atoms with Gasteiger partial charge < -0.3 is 9.73 Å². The average molecular weight is 300 g/mol. The van der Waals surface area contributed by atoms with Crippen LogP contribution in [0.5, 0.6) is 0 Å². The highest BCUT2D eigenvalue weighted by molar-refractivity contribution is 5.91. The fraction of sp³-hybridized carbons (Fsp3) is 0.312. The maximum absolute atomic E-state index is 12.1. The van der Waals surface area contributed by atoms with Crippen molar-refractivity contribution >= 4 is 11.8 Å². The molecule has 0 atom stereocenters. The summed E-state index contributed by atoms with van der Waals surface area (Å²) in [6, 6.07) is 12.6. The van der Waals surface area contributed by atoms with E-state index in [1.165, 1.54) is 17.7 Å². The van der Waals surface area contributed by atoms with E-state index in [1.54, 1.807) is 0 Å². The number of benzene rings is 1.